The topological polar surface area (TPSA) is 49.0 Å². The van der Waals surface area contributed by atoms with Crippen LogP contribution >= 0.6 is 0 Å². The van der Waals surface area contributed by atoms with Gasteiger partial charge >= 0.3 is 0 Å². The Bertz CT molecular complexity index is 509. The van der Waals surface area contributed by atoms with Gasteiger partial charge in [-0.25, -0.2) is 0 Å². The summed E-state index contributed by atoms with van der Waals surface area (Å²) in [5.41, 5.74) is 2.91. The maximum Gasteiger partial charge on any atom is 0.178 e. The lowest BCUT2D eigenvalue weighted by Crippen LogP contribution is -2.34. The molecule has 20 heavy (non-hydrogen) atoms. The first-order chi connectivity index (χ1) is 9.36. The number of aromatic nitrogens is 1. The van der Waals surface area contributed by atoms with Crippen LogP contribution in [-0.4, -0.2) is 34.9 Å². The number of Topliss-reactive ketones (excluding diaryl/α,β-unsaturated/α-hetero) is 1. The maximum absolute atomic E-state index is 12.4. The van der Waals surface area contributed by atoms with E-state index in [1.165, 1.54) is 0 Å². The fraction of sp³-hybridized carbons (Fsp3) is 0.625. The molecule has 1 aromatic rings. The summed E-state index contributed by atoms with van der Waals surface area (Å²) in [4.78, 5) is 14.5. The van der Waals surface area contributed by atoms with Gasteiger partial charge in [-0.2, -0.15) is 5.26 Å². The zero-order chi connectivity index (χ0) is 15.3. The lowest BCUT2D eigenvalue weighted by Gasteiger charge is -2.22. The van der Waals surface area contributed by atoms with Crippen molar-refractivity contribution in [2.75, 3.05) is 19.6 Å². The molecule has 4 nitrogen and oxygen atoms in total. The minimum absolute atomic E-state index is 0.143. The lowest BCUT2D eigenvalue weighted by molar-refractivity contribution is 0.0923. The number of carbonyl (C=O) groups is 1. The Morgan fingerprint density at radius 3 is 2.55 bits per heavy atom. The molecule has 110 valence electrons. The molecule has 0 aliphatic heterocycles. The number of nitriles is 1. The largest absolute Gasteiger partial charge is 0.351 e. The van der Waals surface area contributed by atoms with Gasteiger partial charge in [-0.3, -0.25) is 9.69 Å². The minimum atomic E-state index is 0.143. The first-order valence-electron chi connectivity index (χ1n) is 7.12. The van der Waals surface area contributed by atoms with E-state index in [0.717, 1.165) is 23.5 Å². The van der Waals surface area contributed by atoms with Gasteiger partial charge in [0.25, 0.3) is 0 Å². The van der Waals surface area contributed by atoms with Crippen molar-refractivity contribution in [1.82, 2.24) is 9.47 Å². The Morgan fingerprint density at radius 2 is 2.10 bits per heavy atom. The molecule has 0 fully saturated rings. The molecule has 0 bridgehead atoms. The molecule has 0 atom stereocenters. The smallest absolute Gasteiger partial charge is 0.178 e. The van der Waals surface area contributed by atoms with E-state index >= 15 is 0 Å². The average molecular weight is 275 g/mol. The first-order valence-corrected chi connectivity index (χ1v) is 7.12. The standard InChI is InChI=1S/C16H25N3O/c1-12(2)10-19(8-6-7-17)11-16(20)15-9-13(3)18(5)14(15)4/h9,12H,6,8,10-11H2,1-5H3. The molecule has 0 aliphatic rings. The zero-order valence-electron chi connectivity index (χ0n) is 13.2. The van der Waals surface area contributed by atoms with Crippen molar-refractivity contribution in [2.24, 2.45) is 13.0 Å². The molecule has 0 saturated carbocycles. The fourth-order valence-electron chi connectivity index (χ4n) is 2.39. The van der Waals surface area contributed by atoms with Crippen LogP contribution in [-0.2, 0) is 7.05 Å². The van der Waals surface area contributed by atoms with Gasteiger partial charge in [-0.1, -0.05) is 13.8 Å². The molecule has 1 heterocycles. The molecule has 4 heteroatoms. The quantitative estimate of drug-likeness (QED) is 0.719. The van der Waals surface area contributed by atoms with E-state index < -0.39 is 0 Å². The molecule has 0 aliphatic carbocycles. The average Bonchev–Trinajstić information content (AvgIpc) is 2.63. The van der Waals surface area contributed by atoms with Crippen molar-refractivity contribution < 1.29 is 4.79 Å². The molecule has 0 aromatic carbocycles. The molecule has 0 N–H and O–H groups in total. The molecule has 1 rings (SSSR count). The third-order valence-corrected chi connectivity index (χ3v) is 3.61. The minimum Gasteiger partial charge on any atom is -0.351 e. The summed E-state index contributed by atoms with van der Waals surface area (Å²) in [6.45, 7) is 10.1. The van der Waals surface area contributed by atoms with Gasteiger partial charge in [0, 0.05) is 43.5 Å². The Hall–Kier alpha value is -1.60. The second kappa shape index (κ2) is 7.25. The van der Waals surface area contributed by atoms with E-state index in [2.05, 4.69) is 24.8 Å². The van der Waals surface area contributed by atoms with Crippen LogP contribution in [0.15, 0.2) is 6.07 Å². The van der Waals surface area contributed by atoms with Crippen LogP contribution in [0.5, 0.6) is 0 Å². The van der Waals surface area contributed by atoms with Crippen molar-refractivity contribution in [3.63, 3.8) is 0 Å². The number of hydrogen-bond donors (Lipinski definition) is 0. The van der Waals surface area contributed by atoms with Gasteiger partial charge < -0.3 is 4.57 Å². The van der Waals surface area contributed by atoms with E-state index in [1.54, 1.807) is 0 Å². The number of carbonyl (C=O) groups excluding carboxylic acids is 1. The Labute approximate surface area is 122 Å². The second-order valence-electron chi connectivity index (χ2n) is 5.80. The molecule has 1 aromatic heterocycles. The summed E-state index contributed by atoms with van der Waals surface area (Å²) in [5, 5.41) is 8.72. The van der Waals surface area contributed by atoms with Crippen molar-refractivity contribution in [3.05, 3.63) is 23.0 Å². The molecular formula is C16H25N3O. The lowest BCUT2D eigenvalue weighted by atomic mass is 10.1. The highest BCUT2D eigenvalue weighted by Gasteiger charge is 2.17. The van der Waals surface area contributed by atoms with Crippen molar-refractivity contribution in [1.29, 1.82) is 5.26 Å². The molecular weight excluding hydrogens is 250 g/mol. The van der Waals surface area contributed by atoms with Gasteiger partial charge in [0.2, 0.25) is 0 Å². The van der Waals surface area contributed by atoms with Gasteiger partial charge in [-0.05, 0) is 25.8 Å². The first kappa shape index (κ1) is 16.5. The van der Waals surface area contributed by atoms with Crippen LogP contribution in [0.4, 0.5) is 0 Å². The number of ketones is 1. The summed E-state index contributed by atoms with van der Waals surface area (Å²) in [6, 6.07) is 4.11. The highest BCUT2D eigenvalue weighted by atomic mass is 16.1. The summed E-state index contributed by atoms with van der Waals surface area (Å²) >= 11 is 0. The third kappa shape index (κ3) is 4.21. The van der Waals surface area contributed by atoms with Crippen LogP contribution in [0.1, 0.15) is 42.0 Å². The number of hydrogen-bond acceptors (Lipinski definition) is 3. The summed E-state index contributed by atoms with van der Waals surface area (Å²) in [5.74, 6) is 0.630. The number of rotatable bonds is 7. The van der Waals surface area contributed by atoms with Gasteiger partial charge in [-0.15, -0.1) is 0 Å². The highest BCUT2D eigenvalue weighted by Crippen LogP contribution is 2.15. The van der Waals surface area contributed by atoms with E-state index in [4.69, 9.17) is 5.26 Å². The second-order valence-corrected chi connectivity index (χ2v) is 5.80. The summed E-state index contributed by atoms with van der Waals surface area (Å²) < 4.78 is 2.04. The van der Waals surface area contributed by atoms with Crippen molar-refractivity contribution in [2.45, 2.75) is 34.1 Å². The van der Waals surface area contributed by atoms with Gasteiger partial charge in [0.15, 0.2) is 5.78 Å². The van der Waals surface area contributed by atoms with Crippen LogP contribution in [0.25, 0.3) is 0 Å². The monoisotopic (exact) mass is 275 g/mol. The highest BCUT2D eigenvalue weighted by molar-refractivity contribution is 5.99. The van der Waals surface area contributed by atoms with Crippen LogP contribution in [0.3, 0.4) is 0 Å². The van der Waals surface area contributed by atoms with E-state index in [-0.39, 0.29) is 5.78 Å². The predicted octanol–water partition coefficient (Wildman–Crippen LogP) is 2.70. The van der Waals surface area contributed by atoms with Crippen LogP contribution in [0.2, 0.25) is 0 Å². The zero-order valence-corrected chi connectivity index (χ0v) is 13.2. The van der Waals surface area contributed by atoms with Crippen LogP contribution < -0.4 is 0 Å². The van der Waals surface area contributed by atoms with E-state index in [0.29, 0.717) is 25.4 Å². The Kier molecular flexibility index (Phi) is 5.97. The van der Waals surface area contributed by atoms with Crippen LogP contribution in [0, 0.1) is 31.1 Å². The van der Waals surface area contributed by atoms with Gasteiger partial charge in [0.1, 0.15) is 0 Å². The predicted molar refractivity (Wildman–Crippen MR) is 80.7 cm³/mol. The van der Waals surface area contributed by atoms with Crippen molar-refractivity contribution >= 4 is 5.78 Å². The normalized spacial score (nSPS) is 11.1. The van der Waals surface area contributed by atoms with Crippen molar-refractivity contribution in [3.8, 4) is 6.07 Å². The summed E-state index contributed by atoms with van der Waals surface area (Å²) in [7, 11) is 1.98. The number of nitrogens with zero attached hydrogens (tertiary/aromatic N) is 3. The van der Waals surface area contributed by atoms with E-state index in [9.17, 15) is 4.79 Å². The fourth-order valence-corrected chi connectivity index (χ4v) is 2.39. The Morgan fingerprint density at radius 1 is 1.45 bits per heavy atom. The molecule has 0 spiro atoms. The molecule has 0 amide bonds. The molecule has 0 radical (unpaired) electrons. The molecule has 0 unspecified atom stereocenters. The Balaban J connectivity index is 2.79. The number of aryl methyl sites for hydroxylation is 1. The SMILES string of the molecule is Cc1cc(C(=O)CN(CCC#N)CC(C)C)c(C)n1C. The maximum atomic E-state index is 12.4. The van der Waals surface area contributed by atoms with E-state index in [1.807, 2.05) is 31.5 Å². The summed E-state index contributed by atoms with van der Waals surface area (Å²) in [6.07, 6.45) is 0.465. The third-order valence-electron chi connectivity index (χ3n) is 3.61. The molecule has 0 saturated heterocycles. The van der Waals surface area contributed by atoms with Gasteiger partial charge in [0.05, 0.1) is 12.6 Å².